The Morgan fingerprint density at radius 2 is 1.83 bits per heavy atom. The summed E-state index contributed by atoms with van der Waals surface area (Å²) in [5, 5.41) is 9.77. The number of nitrogens with one attached hydrogen (secondary N) is 3. The van der Waals surface area contributed by atoms with E-state index < -0.39 is 0 Å². The third kappa shape index (κ3) is 4.26. The summed E-state index contributed by atoms with van der Waals surface area (Å²) >= 11 is 0. The molecule has 2 atom stereocenters. The van der Waals surface area contributed by atoms with Crippen LogP contribution in [-0.4, -0.2) is 29.2 Å². The molecule has 5 heteroatoms. The zero-order chi connectivity index (χ0) is 17.5. The molecule has 1 saturated carbocycles. The van der Waals surface area contributed by atoms with Gasteiger partial charge in [-0.3, -0.25) is 0 Å². The smallest absolute Gasteiger partial charge is 0.315 e. The van der Waals surface area contributed by atoms with Crippen LogP contribution in [0, 0.1) is 5.82 Å². The molecule has 1 aliphatic heterocycles. The van der Waals surface area contributed by atoms with Crippen molar-refractivity contribution in [3.63, 3.8) is 0 Å². The van der Waals surface area contributed by atoms with E-state index in [1.165, 1.54) is 6.07 Å². The Labute approximate surface area is 143 Å². The molecule has 132 valence electrons. The molecule has 2 amide bonds. The van der Waals surface area contributed by atoms with Gasteiger partial charge in [0.05, 0.1) is 0 Å². The van der Waals surface area contributed by atoms with E-state index in [9.17, 15) is 9.18 Å². The quantitative estimate of drug-likeness (QED) is 0.795. The largest absolute Gasteiger partial charge is 0.335 e. The predicted octanol–water partition coefficient (Wildman–Crippen LogP) is 3.29. The van der Waals surface area contributed by atoms with E-state index in [2.05, 4.69) is 43.6 Å². The first-order valence-corrected chi connectivity index (χ1v) is 8.75. The van der Waals surface area contributed by atoms with E-state index in [0.717, 1.165) is 24.8 Å². The number of amides is 2. The third-order valence-corrected chi connectivity index (χ3v) is 4.91. The van der Waals surface area contributed by atoms with Crippen LogP contribution in [0.15, 0.2) is 24.3 Å². The maximum atomic E-state index is 13.3. The lowest BCUT2D eigenvalue weighted by Crippen LogP contribution is -2.62. The average molecular weight is 333 g/mol. The minimum atomic E-state index is -0.221. The highest BCUT2D eigenvalue weighted by Gasteiger charge is 2.41. The zero-order valence-corrected chi connectivity index (χ0v) is 14.9. The van der Waals surface area contributed by atoms with Crippen molar-refractivity contribution < 1.29 is 9.18 Å². The zero-order valence-electron chi connectivity index (χ0n) is 14.9. The van der Waals surface area contributed by atoms with E-state index in [1.54, 1.807) is 12.1 Å². The van der Waals surface area contributed by atoms with Crippen LogP contribution in [0.3, 0.4) is 0 Å². The van der Waals surface area contributed by atoms with Gasteiger partial charge < -0.3 is 16.0 Å². The molecule has 1 saturated heterocycles. The van der Waals surface area contributed by atoms with Crippen LogP contribution >= 0.6 is 0 Å². The van der Waals surface area contributed by atoms with Gasteiger partial charge in [0.15, 0.2) is 0 Å². The number of hydrogen-bond acceptors (Lipinski definition) is 2. The molecule has 0 bridgehead atoms. The lowest BCUT2D eigenvalue weighted by molar-refractivity contribution is 0.147. The lowest BCUT2D eigenvalue weighted by Gasteiger charge is -2.46. The summed E-state index contributed by atoms with van der Waals surface area (Å²) in [5.41, 5.74) is 0.969. The van der Waals surface area contributed by atoms with Crippen molar-refractivity contribution in [2.24, 2.45) is 0 Å². The second-order valence-electron chi connectivity index (χ2n) is 8.62. The molecule has 0 unspecified atom stereocenters. The third-order valence-electron chi connectivity index (χ3n) is 4.91. The number of hydrogen-bond donors (Lipinski definition) is 3. The highest BCUT2D eigenvalue weighted by molar-refractivity contribution is 5.75. The molecular weight excluding hydrogens is 305 g/mol. The molecule has 3 N–H and O–H groups in total. The first kappa shape index (κ1) is 17.2. The van der Waals surface area contributed by atoms with Crippen LogP contribution in [0.1, 0.15) is 58.4 Å². The molecule has 3 rings (SSSR count). The summed E-state index contributed by atoms with van der Waals surface area (Å²) < 4.78 is 13.3. The van der Waals surface area contributed by atoms with Crippen LogP contribution in [-0.2, 0) is 0 Å². The van der Waals surface area contributed by atoms with Gasteiger partial charge in [-0.1, -0.05) is 12.1 Å². The summed E-state index contributed by atoms with van der Waals surface area (Å²) in [5.74, 6) is 0.00845. The average Bonchev–Trinajstić information content (AvgIpc) is 3.13. The minimum Gasteiger partial charge on any atom is -0.335 e. The van der Waals surface area contributed by atoms with Crippen molar-refractivity contribution in [1.82, 2.24) is 16.0 Å². The number of halogens is 1. The summed E-state index contributed by atoms with van der Waals surface area (Å²) in [7, 11) is 0. The van der Waals surface area contributed by atoms with E-state index >= 15 is 0 Å². The molecule has 1 aromatic carbocycles. The molecule has 2 aliphatic rings. The van der Waals surface area contributed by atoms with E-state index in [0.29, 0.717) is 0 Å². The van der Waals surface area contributed by atoms with Crippen LogP contribution < -0.4 is 16.0 Å². The van der Waals surface area contributed by atoms with Gasteiger partial charge in [-0.25, -0.2) is 9.18 Å². The van der Waals surface area contributed by atoms with Crippen LogP contribution in [0.4, 0.5) is 9.18 Å². The number of urea groups is 1. The topological polar surface area (TPSA) is 53.2 Å². The SMILES string of the molecule is CC1(C)CC(NC(=O)N[C@@H]2C[C@H]2c2cccc(F)c2)CC(C)(C)N1. The molecule has 24 heavy (non-hydrogen) atoms. The normalized spacial score (nSPS) is 28.2. The molecule has 1 aromatic rings. The van der Waals surface area contributed by atoms with E-state index in [4.69, 9.17) is 0 Å². The van der Waals surface area contributed by atoms with Crippen LogP contribution in [0.5, 0.6) is 0 Å². The standard InChI is InChI=1S/C19H28FN3O/c1-18(2)10-14(11-19(3,4)23-18)21-17(24)22-16-9-15(16)12-6-5-7-13(20)8-12/h5-8,14-16,23H,9-11H2,1-4H3,(H2,21,22,24)/t15-,16+/m0/s1. The number of carbonyl (C=O) groups is 1. The second kappa shape index (κ2) is 6.03. The highest BCUT2D eigenvalue weighted by atomic mass is 19.1. The molecule has 0 spiro atoms. The summed E-state index contributed by atoms with van der Waals surface area (Å²) in [4.78, 5) is 12.3. The second-order valence-corrected chi connectivity index (χ2v) is 8.62. The molecule has 1 aliphatic carbocycles. The number of benzene rings is 1. The summed E-state index contributed by atoms with van der Waals surface area (Å²) in [6.07, 6.45) is 2.68. The maximum Gasteiger partial charge on any atom is 0.315 e. The molecule has 1 heterocycles. The molecular formula is C19H28FN3O. The van der Waals surface area contributed by atoms with Gasteiger partial charge in [0.2, 0.25) is 0 Å². The van der Waals surface area contributed by atoms with E-state index in [-0.39, 0.29) is 40.9 Å². The van der Waals surface area contributed by atoms with Gasteiger partial charge in [0.1, 0.15) is 5.82 Å². The first-order valence-electron chi connectivity index (χ1n) is 8.75. The summed E-state index contributed by atoms with van der Waals surface area (Å²) in [6, 6.07) is 6.79. The van der Waals surface area contributed by atoms with Crippen LogP contribution in [0.25, 0.3) is 0 Å². The Hall–Kier alpha value is -1.62. The Morgan fingerprint density at radius 3 is 2.46 bits per heavy atom. The molecule has 0 aromatic heterocycles. The van der Waals surface area contributed by atoms with E-state index in [1.807, 2.05) is 6.07 Å². The lowest BCUT2D eigenvalue weighted by atomic mass is 9.80. The first-order chi connectivity index (χ1) is 11.1. The summed E-state index contributed by atoms with van der Waals surface area (Å²) in [6.45, 7) is 8.67. The fourth-order valence-corrected chi connectivity index (χ4v) is 4.28. The van der Waals surface area contributed by atoms with Gasteiger partial charge in [-0.15, -0.1) is 0 Å². The predicted molar refractivity (Wildman–Crippen MR) is 93.5 cm³/mol. The van der Waals surface area contributed by atoms with Gasteiger partial charge >= 0.3 is 6.03 Å². The molecule has 2 fully saturated rings. The van der Waals surface area contributed by atoms with Crippen molar-refractivity contribution in [3.05, 3.63) is 35.6 Å². The minimum absolute atomic E-state index is 0.00335. The Bertz CT molecular complexity index is 613. The molecule has 4 nitrogen and oxygen atoms in total. The van der Waals surface area contributed by atoms with Crippen LogP contribution in [0.2, 0.25) is 0 Å². The Balaban J connectivity index is 1.52. The maximum absolute atomic E-state index is 13.3. The Kier molecular flexibility index (Phi) is 4.32. The van der Waals surface area contributed by atoms with Gasteiger partial charge in [-0.05, 0) is 64.7 Å². The van der Waals surface area contributed by atoms with Crippen molar-refractivity contribution >= 4 is 6.03 Å². The monoisotopic (exact) mass is 333 g/mol. The fraction of sp³-hybridized carbons (Fsp3) is 0.632. The van der Waals surface area contributed by atoms with Gasteiger partial charge in [0.25, 0.3) is 0 Å². The van der Waals surface area contributed by atoms with Crippen molar-refractivity contribution in [3.8, 4) is 0 Å². The fourth-order valence-electron chi connectivity index (χ4n) is 4.28. The van der Waals surface area contributed by atoms with Crippen molar-refractivity contribution in [2.75, 3.05) is 0 Å². The highest BCUT2D eigenvalue weighted by Crippen LogP contribution is 2.40. The van der Waals surface area contributed by atoms with Gasteiger partial charge in [0, 0.05) is 29.1 Å². The van der Waals surface area contributed by atoms with Crippen molar-refractivity contribution in [2.45, 2.75) is 76.0 Å². The number of piperidine rings is 1. The van der Waals surface area contributed by atoms with Crippen molar-refractivity contribution in [1.29, 1.82) is 0 Å². The molecule has 0 radical (unpaired) electrons. The number of rotatable bonds is 3. The Morgan fingerprint density at radius 1 is 1.17 bits per heavy atom. The van der Waals surface area contributed by atoms with Gasteiger partial charge in [-0.2, -0.15) is 0 Å². The number of carbonyl (C=O) groups excluding carboxylic acids is 1.